The van der Waals surface area contributed by atoms with E-state index in [2.05, 4.69) is 20.6 Å². The lowest BCUT2D eigenvalue weighted by atomic mass is 9.97. The van der Waals surface area contributed by atoms with Gasteiger partial charge in [-0.05, 0) is 37.6 Å². The van der Waals surface area contributed by atoms with Gasteiger partial charge in [-0.1, -0.05) is 41.5 Å². The summed E-state index contributed by atoms with van der Waals surface area (Å²) in [7, 11) is 1.74. The van der Waals surface area contributed by atoms with Crippen LogP contribution in [0.15, 0.2) is 59.0 Å². The number of pyridine rings is 1. The number of aliphatic hydroxyl groups excluding tert-OH is 2. The number of ether oxygens (including phenoxy) is 1. The van der Waals surface area contributed by atoms with Gasteiger partial charge in [0.25, 0.3) is 0 Å². The van der Waals surface area contributed by atoms with Crippen LogP contribution in [0.25, 0.3) is 0 Å². The smallest absolute Gasteiger partial charge is 0.230 e. The van der Waals surface area contributed by atoms with E-state index in [-0.39, 0.29) is 12.5 Å². The Morgan fingerprint density at radius 2 is 2.22 bits per heavy atom. The molecule has 0 bridgehead atoms. The molecule has 0 radical (unpaired) electrons. The van der Waals surface area contributed by atoms with Crippen molar-refractivity contribution in [3.8, 4) is 0 Å². The van der Waals surface area contributed by atoms with Crippen LogP contribution in [-0.2, 0) is 16.0 Å². The number of allylic oxidation sites excluding steroid dienone is 2. The van der Waals surface area contributed by atoms with Gasteiger partial charge in [-0.2, -0.15) is 0 Å². The van der Waals surface area contributed by atoms with E-state index in [4.69, 9.17) is 21.4 Å². The summed E-state index contributed by atoms with van der Waals surface area (Å²) in [6.45, 7) is 0.396. The molecule has 2 aliphatic rings. The molecule has 2 heterocycles. The standard InChI is InChI=1S/C23H29ClN4O4/c1-25-22-19(23(31)26-8-3-9-29)11-16(10-15-6-7-20(24)27-14-15)12-21(28-22)32-18-5-2-4-17(30)13-18/h2,4-7,11,14,17,19,22,25,29-30H,3,8-10,12-13H2,1H3,(H,26,31). The summed E-state index contributed by atoms with van der Waals surface area (Å²) in [5.74, 6) is 0.356. The van der Waals surface area contributed by atoms with E-state index < -0.39 is 18.2 Å². The molecule has 0 aromatic carbocycles. The molecule has 3 unspecified atom stereocenters. The van der Waals surface area contributed by atoms with E-state index in [9.17, 15) is 9.90 Å². The number of aromatic nitrogens is 1. The first-order chi connectivity index (χ1) is 15.5. The summed E-state index contributed by atoms with van der Waals surface area (Å²) in [5, 5.41) is 25.3. The van der Waals surface area contributed by atoms with Gasteiger partial charge in [0.2, 0.25) is 5.91 Å². The molecule has 9 heteroatoms. The largest absolute Gasteiger partial charge is 0.447 e. The molecule has 1 amide bonds. The topological polar surface area (TPSA) is 116 Å². The number of aliphatic hydroxyl groups is 2. The van der Waals surface area contributed by atoms with Gasteiger partial charge in [0.15, 0.2) is 5.90 Å². The number of rotatable bonds is 8. The van der Waals surface area contributed by atoms with Gasteiger partial charge in [0.05, 0.1) is 12.0 Å². The van der Waals surface area contributed by atoms with Crippen LogP contribution in [0.5, 0.6) is 0 Å². The lowest BCUT2D eigenvalue weighted by molar-refractivity contribution is -0.124. The monoisotopic (exact) mass is 460 g/mol. The molecule has 1 aliphatic heterocycles. The van der Waals surface area contributed by atoms with Crippen LogP contribution in [0, 0.1) is 5.92 Å². The average Bonchev–Trinajstić information content (AvgIpc) is 2.94. The Labute approximate surface area is 192 Å². The zero-order chi connectivity index (χ0) is 22.9. The minimum absolute atomic E-state index is 0.0105. The van der Waals surface area contributed by atoms with Gasteiger partial charge in [-0.15, -0.1) is 0 Å². The maximum Gasteiger partial charge on any atom is 0.230 e. The van der Waals surface area contributed by atoms with Gasteiger partial charge in [-0.3, -0.25) is 10.1 Å². The van der Waals surface area contributed by atoms with Crippen molar-refractivity contribution in [2.75, 3.05) is 20.2 Å². The second kappa shape index (κ2) is 11.9. The summed E-state index contributed by atoms with van der Waals surface area (Å²) >= 11 is 5.91. The quantitative estimate of drug-likeness (QED) is 0.267. The summed E-state index contributed by atoms with van der Waals surface area (Å²) in [6.07, 6.45) is 9.60. The molecule has 1 aromatic heterocycles. The number of halogens is 1. The lowest BCUT2D eigenvalue weighted by Crippen LogP contribution is -2.42. The molecule has 3 rings (SSSR count). The molecule has 0 spiro atoms. The van der Waals surface area contributed by atoms with Gasteiger partial charge in [0, 0.05) is 32.2 Å². The highest BCUT2D eigenvalue weighted by Gasteiger charge is 2.29. The van der Waals surface area contributed by atoms with Crippen LogP contribution in [0.1, 0.15) is 24.8 Å². The molecule has 4 N–H and O–H groups in total. The number of aliphatic imine (C=N–C) groups is 1. The van der Waals surface area contributed by atoms with Gasteiger partial charge >= 0.3 is 0 Å². The van der Waals surface area contributed by atoms with Crippen molar-refractivity contribution in [1.82, 2.24) is 15.6 Å². The fraction of sp³-hybridized carbons (Fsp3) is 0.435. The van der Waals surface area contributed by atoms with Crippen molar-refractivity contribution in [2.45, 2.75) is 38.0 Å². The number of carbonyl (C=O) groups is 1. The first-order valence-corrected chi connectivity index (χ1v) is 11.0. The minimum Gasteiger partial charge on any atom is -0.447 e. The molecule has 0 saturated carbocycles. The zero-order valence-corrected chi connectivity index (χ0v) is 18.8. The Hall–Kier alpha value is -2.52. The minimum atomic E-state index is -0.596. The van der Waals surface area contributed by atoms with E-state index in [1.807, 2.05) is 12.1 Å². The Bertz CT molecular complexity index is 911. The number of hydrogen-bond donors (Lipinski definition) is 4. The van der Waals surface area contributed by atoms with E-state index in [0.717, 1.165) is 11.1 Å². The highest BCUT2D eigenvalue weighted by Crippen LogP contribution is 2.25. The molecule has 172 valence electrons. The van der Waals surface area contributed by atoms with Crippen LogP contribution in [-0.4, -0.2) is 59.5 Å². The SMILES string of the molecule is CNC1N=C(OC2=CC=CC(O)C2)CC(Cc2ccc(Cl)nc2)=CC1C(=O)NCCCO. The molecular weight excluding hydrogens is 432 g/mol. The fourth-order valence-electron chi connectivity index (χ4n) is 3.57. The average molecular weight is 461 g/mol. The molecule has 0 saturated heterocycles. The number of nitrogens with zero attached hydrogens (tertiary/aromatic N) is 2. The fourth-order valence-corrected chi connectivity index (χ4v) is 3.68. The highest BCUT2D eigenvalue weighted by atomic mass is 35.5. The highest BCUT2D eigenvalue weighted by molar-refractivity contribution is 6.29. The van der Waals surface area contributed by atoms with Crippen molar-refractivity contribution < 1.29 is 19.7 Å². The number of hydrogen-bond acceptors (Lipinski definition) is 7. The number of carbonyl (C=O) groups excluding carboxylic acids is 1. The van der Waals surface area contributed by atoms with Crippen molar-refractivity contribution in [3.63, 3.8) is 0 Å². The maximum atomic E-state index is 12.9. The van der Waals surface area contributed by atoms with E-state index in [1.54, 1.807) is 37.5 Å². The van der Waals surface area contributed by atoms with Gasteiger partial charge in [-0.25, -0.2) is 9.98 Å². The third kappa shape index (κ3) is 7.00. The Kier molecular flexibility index (Phi) is 8.99. The molecule has 1 aromatic rings. The second-order valence-electron chi connectivity index (χ2n) is 7.71. The predicted molar refractivity (Wildman–Crippen MR) is 123 cm³/mol. The van der Waals surface area contributed by atoms with Crippen molar-refractivity contribution in [1.29, 1.82) is 0 Å². The first-order valence-electron chi connectivity index (χ1n) is 10.6. The Balaban J connectivity index is 1.86. The van der Waals surface area contributed by atoms with E-state index in [0.29, 0.717) is 49.0 Å². The molecule has 0 fully saturated rings. The van der Waals surface area contributed by atoms with Crippen molar-refractivity contribution in [3.05, 3.63) is 64.7 Å². The third-order valence-electron chi connectivity index (χ3n) is 5.14. The van der Waals surface area contributed by atoms with E-state index in [1.165, 1.54) is 0 Å². The number of nitrogens with one attached hydrogen (secondary N) is 2. The summed E-state index contributed by atoms with van der Waals surface area (Å²) in [4.78, 5) is 21.7. The van der Waals surface area contributed by atoms with Crippen LogP contribution in [0.2, 0.25) is 5.15 Å². The van der Waals surface area contributed by atoms with Crippen molar-refractivity contribution in [2.24, 2.45) is 10.9 Å². The Morgan fingerprint density at radius 3 is 2.91 bits per heavy atom. The molecule has 8 nitrogen and oxygen atoms in total. The van der Waals surface area contributed by atoms with E-state index >= 15 is 0 Å². The lowest BCUT2D eigenvalue weighted by Gasteiger charge is -2.20. The second-order valence-corrected chi connectivity index (χ2v) is 8.10. The summed E-state index contributed by atoms with van der Waals surface area (Å²) in [5.41, 5.74) is 1.91. The molecule has 32 heavy (non-hydrogen) atoms. The molecule has 1 aliphatic carbocycles. The van der Waals surface area contributed by atoms with Crippen LogP contribution >= 0.6 is 11.6 Å². The van der Waals surface area contributed by atoms with Crippen LogP contribution in [0.4, 0.5) is 0 Å². The van der Waals surface area contributed by atoms with Crippen LogP contribution in [0.3, 0.4) is 0 Å². The van der Waals surface area contributed by atoms with Gasteiger partial charge < -0.3 is 20.3 Å². The normalized spacial score (nSPS) is 23.0. The summed E-state index contributed by atoms with van der Waals surface area (Å²) < 4.78 is 6.05. The van der Waals surface area contributed by atoms with Crippen molar-refractivity contribution >= 4 is 23.4 Å². The maximum absolute atomic E-state index is 12.9. The first kappa shape index (κ1) is 24.1. The molecular formula is C23H29ClN4O4. The third-order valence-corrected chi connectivity index (χ3v) is 5.37. The number of amides is 1. The predicted octanol–water partition coefficient (Wildman–Crippen LogP) is 1.89. The van der Waals surface area contributed by atoms with Crippen LogP contribution < -0.4 is 10.6 Å². The zero-order valence-electron chi connectivity index (χ0n) is 18.0. The Morgan fingerprint density at radius 1 is 1.38 bits per heavy atom. The van der Waals surface area contributed by atoms with Gasteiger partial charge in [0.1, 0.15) is 17.1 Å². The molecule has 3 atom stereocenters. The summed E-state index contributed by atoms with van der Waals surface area (Å²) in [6, 6.07) is 3.63.